The zero-order chi connectivity index (χ0) is 23.9. The van der Waals surface area contributed by atoms with Gasteiger partial charge in [-0.2, -0.15) is 0 Å². The van der Waals surface area contributed by atoms with Crippen molar-refractivity contribution in [1.29, 1.82) is 0 Å². The van der Waals surface area contributed by atoms with Gasteiger partial charge in [-0.15, -0.1) is 0 Å². The molecule has 1 saturated carbocycles. The summed E-state index contributed by atoms with van der Waals surface area (Å²) >= 11 is 0. The summed E-state index contributed by atoms with van der Waals surface area (Å²) in [5.41, 5.74) is 0. The molecule has 188 valence electrons. The highest BCUT2D eigenvalue weighted by Crippen LogP contribution is 2.31. The van der Waals surface area contributed by atoms with Crippen molar-refractivity contribution < 1.29 is 19.1 Å². The second-order valence-electron chi connectivity index (χ2n) is 11.4. The highest BCUT2D eigenvalue weighted by Gasteiger charge is 2.32. The number of carbonyl (C=O) groups excluding carboxylic acids is 2. The van der Waals surface area contributed by atoms with Crippen LogP contribution in [0.15, 0.2) is 0 Å². The molecule has 1 rings (SSSR count). The van der Waals surface area contributed by atoms with Gasteiger partial charge in [-0.05, 0) is 62.2 Å². The first-order valence-corrected chi connectivity index (χ1v) is 13.5. The molecule has 32 heavy (non-hydrogen) atoms. The summed E-state index contributed by atoms with van der Waals surface area (Å²) in [5, 5.41) is 0. The van der Waals surface area contributed by atoms with E-state index in [4.69, 9.17) is 9.47 Å². The molecule has 1 fully saturated rings. The van der Waals surface area contributed by atoms with Gasteiger partial charge in [0.1, 0.15) is 0 Å². The van der Waals surface area contributed by atoms with Gasteiger partial charge in [-0.3, -0.25) is 9.59 Å². The molecule has 0 radical (unpaired) electrons. The molecule has 2 unspecified atom stereocenters. The Labute approximate surface area is 198 Å². The number of ether oxygens (including phenoxy) is 2. The van der Waals surface area contributed by atoms with Crippen molar-refractivity contribution in [3.05, 3.63) is 0 Å². The molecule has 0 spiro atoms. The normalized spacial score (nSPS) is 20.9. The zero-order valence-electron chi connectivity index (χ0n) is 22.0. The van der Waals surface area contributed by atoms with Gasteiger partial charge in [0.2, 0.25) is 0 Å². The van der Waals surface area contributed by atoms with Gasteiger partial charge in [0.15, 0.2) is 0 Å². The number of esters is 2. The van der Waals surface area contributed by atoms with Crippen molar-refractivity contribution in [2.75, 3.05) is 13.2 Å². The molecular formula is C28H52O4. The molecule has 0 bridgehead atoms. The van der Waals surface area contributed by atoms with E-state index in [2.05, 4.69) is 41.5 Å². The Kier molecular flexibility index (Phi) is 15.0. The van der Waals surface area contributed by atoms with E-state index < -0.39 is 0 Å². The van der Waals surface area contributed by atoms with Crippen molar-refractivity contribution in [3.8, 4) is 0 Å². The van der Waals surface area contributed by atoms with Crippen LogP contribution in [0.1, 0.15) is 119 Å². The average Bonchev–Trinajstić information content (AvgIpc) is 2.76. The molecule has 0 aromatic heterocycles. The third-order valence-electron chi connectivity index (χ3n) is 6.87. The Morgan fingerprint density at radius 2 is 0.906 bits per heavy atom. The third-order valence-corrected chi connectivity index (χ3v) is 6.87. The maximum atomic E-state index is 12.4. The number of rotatable bonds is 16. The average molecular weight is 453 g/mol. The first-order valence-electron chi connectivity index (χ1n) is 13.5. The molecule has 1 aliphatic carbocycles. The second-order valence-corrected chi connectivity index (χ2v) is 11.4. The predicted octanol–water partition coefficient (Wildman–Crippen LogP) is 7.58. The van der Waals surface area contributed by atoms with Crippen LogP contribution >= 0.6 is 0 Å². The summed E-state index contributed by atoms with van der Waals surface area (Å²) in [6.07, 6.45) is 12.7. The molecule has 0 N–H and O–H groups in total. The first-order chi connectivity index (χ1) is 15.2. The fourth-order valence-corrected chi connectivity index (χ4v) is 4.51. The molecule has 1 aliphatic rings. The Morgan fingerprint density at radius 1 is 0.594 bits per heavy atom. The number of unbranched alkanes of at least 4 members (excludes halogenated alkanes) is 2. The molecule has 0 amide bonds. The molecule has 0 saturated heterocycles. The Hall–Kier alpha value is -1.06. The summed E-state index contributed by atoms with van der Waals surface area (Å²) in [7, 11) is 0. The third kappa shape index (κ3) is 13.5. The highest BCUT2D eigenvalue weighted by atomic mass is 16.5. The first kappa shape index (κ1) is 29.0. The lowest BCUT2D eigenvalue weighted by atomic mass is 9.82. The van der Waals surface area contributed by atoms with Crippen LogP contribution in [0.4, 0.5) is 0 Å². The number of carbonyl (C=O) groups is 2. The Bertz CT molecular complexity index is 460. The highest BCUT2D eigenvalue weighted by molar-refractivity contribution is 5.75. The van der Waals surface area contributed by atoms with E-state index in [1.807, 2.05) is 0 Å². The van der Waals surface area contributed by atoms with Crippen molar-refractivity contribution in [3.63, 3.8) is 0 Å². The van der Waals surface area contributed by atoms with Crippen molar-refractivity contribution >= 4 is 11.9 Å². The van der Waals surface area contributed by atoms with E-state index in [1.54, 1.807) is 0 Å². The van der Waals surface area contributed by atoms with Gasteiger partial charge in [-0.25, -0.2) is 0 Å². The van der Waals surface area contributed by atoms with E-state index in [1.165, 1.54) is 38.5 Å². The van der Waals surface area contributed by atoms with E-state index >= 15 is 0 Å². The smallest absolute Gasteiger partial charge is 0.308 e. The van der Waals surface area contributed by atoms with Crippen LogP contribution in [0.2, 0.25) is 0 Å². The molecule has 2 atom stereocenters. The molecule has 0 aliphatic heterocycles. The van der Waals surface area contributed by atoms with Crippen LogP contribution < -0.4 is 0 Å². The van der Waals surface area contributed by atoms with Crippen molar-refractivity contribution in [2.45, 2.75) is 119 Å². The molecule has 4 heteroatoms. The SMILES string of the molecule is CC(C)CCCCC(C)COC(=O)C1CCC(C(=O)OCC(C)CCCCC(C)C)CC1. The molecular weight excluding hydrogens is 400 g/mol. The van der Waals surface area contributed by atoms with Crippen LogP contribution in [0.3, 0.4) is 0 Å². The van der Waals surface area contributed by atoms with E-state index in [0.717, 1.165) is 50.4 Å². The van der Waals surface area contributed by atoms with Gasteiger partial charge in [-0.1, -0.05) is 80.1 Å². The fourth-order valence-electron chi connectivity index (χ4n) is 4.51. The standard InChI is InChI=1S/C28H52O4/c1-21(2)11-7-9-13-23(5)19-31-27(29)25-15-17-26(18-16-25)28(30)32-20-24(6)14-10-8-12-22(3)4/h21-26H,7-20H2,1-6H3. The van der Waals surface area contributed by atoms with Crippen LogP contribution in [0.25, 0.3) is 0 Å². The van der Waals surface area contributed by atoms with Crippen molar-refractivity contribution in [2.24, 2.45) is 35.5 Å². The van der Waals surface area contributed by atoms with Crippen molar-refractivity contribution in [1.82, 2.24) is 0 Å². The Morgan fingerprint density at radius 3 is 1.22 bits per heavy atom. The lowest BCUT2D eigenvalue weighted by Gasteiger charge is -2.26. The van der Waals surface area contributed by atoms with E-state index in [-0.39, 0.29) is 23.8 Å². The lowest BCUT2D eigenvalue weighted by molar-refractivity contribution is -0.156. The molecule has 0 heterocycles. The van der Waals surface area contributed by atoms with Gasteiger partial charge in [0.05, 0.1) is 25.0 Å². The van der Waals surface area contributed by atoms with E-state index in [9.17, 15) is 9.59 Å². The van der Waals surface area contributed by atoms with Crippen LogP contribution in [-0.4, -0.2) is 25.2 Å². The quantitative estimate of drug-likeness (QED) is 0.179. The fraction of sp³-hybridized carbons (Fsp3) is 0.929. The Balaban J connectivity index is 2.15. The maximum absolute atomic E-state index is 12.4. The summed E-state index contributed by atoms with van der Waals surface area (Å²) in [4.78, 5) is 24.9. The van der Waals surface area contributed by atoms with Crippen LogP contribution in [0, 0.1) is 35.5 Å². The number of hydrogen-bond donors (Lipinski definition) is 0. The summed E-state index contributed by atoms with van der Waals surface area (Å²) in [6.45, 7) is 14.4. The minimum Gasteiger partial charge on any atom is -0.465 e. The van der Waals surface area contributed by atoms with Gasteiger partial charge in [0.25, 0.3) is 0 Å². The van der Waals surface area contributed by atoms with Gasteiger partial charge >= 0.3 is 11.9 Å². The molecule has 0 aromatic rings. The van der Waals surface area contributed by atoms with Crippen LogP contribution in [-0.2, 0) is 19.1 Å². The topological polar surface area (TPSA) is 52.6 Å². The monoisotopic (exact) mass is 452 g/mol. The minimum atomic E-state index is -0.0686. The largest absolute Gasteiger partial charge is 0.465 e. The summed E-state index contributed by atoms with van der Waals surface area (Å²) in [6, 6.07) is 0. The summed E-state index contributed by atoms with van der Waals surface area (Å²) in [5.74, 6) is 2.13. The minimum absolute atomic E-state index is 0.0490. The van der Waals surface area contributed by atoms with Crippen LogP contribution in [0.5, 0.6) is 0 Å². The van der Waals surface area contributed by atoms with E-state index in [0.29, 0.717) is 25.0 Å². The van der Waals surface area contributed by atoms with Gasteiger partial charge < -0.3 is 9.47 Å². The summed E-state index contributed by atoms with van der Waals surface area (Å²) < 4.78 is 11.2. The predicted molar refractivity (Wildman–Crippen MR) is 132 cm³/mol. The second kappa shape index (κ2) is 16.5. The van der Waals surface area contributed by atoms with Gasteiger partial charge in [0, 0.05) is 0 Å². The zero-order valence-corrected chi connectivity index (χ0v) is 22.0. The molecule has 4 nitrogen and oxygen atoms in total. The number of hydrogen-bond acceptors (Lipinski definition) is 4. The maximum Gasteiger partial charge on any atom is 0.308 e. The molecule has 0 aromatic carbocycles. The lowest BCUT2D eigenvalue weighted by Crippen LogP contribution is -2.29.